The molecule has 1 saturated heterocycles. The van der Waals surface area contributed by atoms with Crippen LogP contribution in [-0.4, -0.2) is 40.6 Å². The molecule has 0 bridgehead atoms. The molecule has 1 aliphatic heterocycles. The number of nitrogens with zero attached hydrogens (tertiary/aromatic N) is 1. The molecule has 3 unspecified atom stereocenters. The van der Waals surface area contributed by atoms with Crippen molar-refractivity contribution in [3.05, 3.63) is 0 Å². The van der Waals surface area contributed by atoms with Crippen molar-refractivity contribution in [2.24, 2.45) is 11.8 Å². The summed E-state index contributed by atoms with van der Waals surface area (Å²) >= 11 is 0. The second kappa shape index (κ2) is 6.46. The van der Waals surface area contributed by atoms with Gasteiger partial charge in [0.1, 0.15) is 6.04 Å². The van der Waals surface area contributed by atoms with Gasteiger partial charge in [0.05, 0.1) is 0 Å². The number of carbonyl (C=O) groups excluding carboxylic acids is 1. The highest BCUT2D eigenvalue weighted by molar-refractivity contribution is 5.83. The van der Waals surface area contributed by atoms with E-state index in [-0.39, 0.29) is 12.1 Å². The lowest BCUT2D eigenvalue weighted by Crippen LogP contribution is -2.56. The predicted molar refractivity (Wildman–Crippen MR) is 76.5 cm³/mol. The molecule has 0 aromatic rings. The van der Waals surface area contributed by atoms with Crippen LogP contribution >= 0.6 is 0 Å². The Hall–Kier alpha value is -1.26. The average Bonchev–Trinajstić information content (AvgIpc) is 2.35. The molecule has 2 amide bonds. The summed E-state index contributed by atoms with van der Waals surface area (Å²) in [7, 11) is 0. The third kappa shape index (κ3) is 3.25. The smallest absolute Gasteiger partial charge is 0.326 e. The predicted octanol–water partition coefficient (Wildman–Crippen LogP) is 2.46. The van der Waals surface area contributed by atoms with Gasteiger partial charge in [-0.3, -0.25) is 0 Å². The third-order valence-electron chi connectivity index (χ3n) is 5.04. The SMILES string of the molecule is CCC1CCN(C(=O)NC(C)C2CCC2)C(C(=O)O)C1. The number of rotatable bonds is 4. The van der Waals surface area contributed by atoms with Crippen molar-refractivity contribution in [1.29, 1.82) is 0 Å². The van der Waals surface area contributed by atoms with E-state index in [2.05, 4.69) is 12.2 Å². The molecule has 0 aromatic heterocycles. The molecule has 0 aromatic carbocycles. The minimum absolute atomic E-state index is 0.148. The van der Waals surface area contributed by atoms with Crippen LogP contribution in [0.2, 0.25) is 0 Å². The maximum absolute atomic E-state index is 12.3. The molecule has 2 fully saturated rings. The largest absolute Gasteiger partial charge is 0.480 e. The summed E-state index contributed by atoms with van der Waals surface area (Å²) in [4.78, 5) is 25.2. The van der Waals surface area contributed by atoms with Gasteiger partial charge in [0, 0.05) is 12.6 Å². The van der Waals surface area contributed by atoms with Crippen LogP contribution in [0.4, 0.5) is 4.79 Å². The van der Waals surface area contributed by atoms with Gasteiger partial charge in [-0.15, -0.1) is 0 Å². The molecule has 114 valence electrons. The second-order valence-electron chi connectivity index (χ2n) is 6.28. The monoisotopic (exact) mass is 282 g/mol. The molecule has 1 heterocycles. The van der Waals surface area contributed by atoms with Crippen molar-refractivity contribution >= 4 is 12.0 Å². The maximum Gasteiger partial charge on any atom is 0.326 e. The zero-order valence-electron chi connectivity index (χ0n) is 12.5. The minimum Gasteiger partial charge on any atom is -0.480 e. The fourth-order valence-corrected chi connectivity index (χ4v) is 3.22. The Bertz CT molecular complexity index is 368. The van der Waals surface area contributed by atoms with Gasteiger partial charge in [-0.05, 0) is 44.4 Å². The number of carbonyl (C=O) groups is 2. The van der Waals surface area contributed by atoms with E-state index in [0.717, 1.165) is 12.8 Å². The van der Waals surface area contributed by atoms with Crippen molar-refractivity contribution in [2.45, 2.75) is 64.5 Å². The summed E-state index contributed by atoms with van der Waals surface area (Å²) in [5, 5.41) is 12.3. The highest BCUT2D eigenvalue weighted by Crippen LogP contribution is 2.30. The minimum atomic E-state index is -0.880. The normalized spacial score (nSPS) is 28.6. The molecule has 0 spiro atoms. The molecular formula is C15H26N2O3. The van der Waals surface area contributed by atoms with Crippen molar-refractivity contribution in [3.8, 4) is 0 Å². The first-order chi connectivity index (χ1) is 9.52. The van der Waals surface area contributed by atoms with Gasteiger partial charge in [0.25, 0.3) is 0 Å². The topological polar surface area (TPSA) is 69.6 Å². The summed E-state index contributed by atoms with van der Waals surface area (Å²) in [6.07, 6.45) is 6.05. The van der Waals surface area contributed by atoms with Crippen LogP contribution in [0.3, 0.4) is 0 Å². The number of amides is 2. The van der Waals surface area contributed by atoms with E-state index < -0.39 is 12.0 Å². The molecule has 3 atom stereocenters. The van der Waals surface area contributed by atoms with Gasteiger partial charge in [-0.25, -0.2) is 9.59 Å². The Kier molecular flexibility index (Phi) is 4.89. The standard InChI is InChI=1S/C15H26N2O3/c1-3-11-7-8-17(13(9-11)14(18)19)15(20)16-10(2)12-5-4-6-12/h10-13H,3-9H2,1-2H3,(H,16,20)(H,18,19). The van der Waals surface area contributed by atoms with Gasteiger partial charge in [0.15, 0.2) is 0 Å². The fraction of sp³-hybridized carbons (Fsp3) is 0.867. The number of hydrogen-bond donors (Lipinski definition) is 2. The summed E-state index contributed by atoms with van der Waals surface area (Å²) in [6.45, 7) is 4.66. The van der Waals surface area contributed by atoms with E-state index in [0.29, 0.717) is 24.8 Å². The first-order valence-electron chi connectivity index (χ1n) is 7.82. The number of urea groups is 1. The molecule has 5 heteroatoms. The third-order valence-corrected chi connectivity index (χ3v) is 5.04. The van der Waals surface area contributed by atoms with E-state index in [1.54, 1.807) is 0 Å². The molecule has 2 rings (SSSR count). The van der Waals surface area contributed by atoms with E-state index in [9.17, 15) is 14.7 Å². The second-order valence-corrected chi connectivity index (χ2v) is 6.28. The number of carboxylic acids is 1. The fourth-order valence-electron chi connectivity index (χ4n) is 3.22. The molecular weight excluding hydrogens is 256 g/mol. The molecule has 0 radical (unpaired) electrons. The Labute approximate surface area is 120 Å². The Balaban J connectivity index is 1.94. The number of hydrogen-bond acceptors (Lipinski definition) is 2. The number of aliphatic carboxylic acids is 1. The Morgan fingerprint density at radius 2 is 2.05 bits per heavy atom. The van der Waals surface area contributed by atoms with E-state index in [1.807, 2.05) is 6.92 Å². The van der Waals surface area contributed by atoms with Crippen molar-refractivity contribution in [3.63, 3.8) is 0 Å². The van der Waals surface area contributed by atoms with Gasteiger partial charge in [-0.1, -0.05) is 19.8 Å². The first-order valence-corrected chi connectivity index (χ1v) is 7.82. The van der Waals surface area contributed by atoms with Crippen LogP contribution in [0.15, 0.2) is 0 Å². The average molecular weight is 282 g/mol. The van der Waals surface area contributed by atoms with Crippen molar-refractivity contribution < 1.29 is 14.7 Å². The Morgan fingerprint density at radius 1 is 1.35 bits per heavy atom. The molecule has 2 aliphatic rings. The number of nitrogens with one attached hydrogen (secondary N) is 1. The lowest BCUT2D eigenvalue weighted by atomic mass is 9.80. The zero-order chi connectivity index (χ0) is 14.7. The van der Waals surface area contributed by atoms with Crippen LogP contribution < -0.4 is 5.32 Å². The number of carboxylic acid groups (broad SMARTS) is 1. The summed E-state index contributed by atoms with van der Waals surface area (Å²) in [6, 6.07) is -0.719. The quantitative estimate of drug-likeness (QED) is 0.832. The Morgan fingerprint density at radius 3 is 2.55 bits per heavy atom. The van der Waals surface area contributed by atoms with E-state index in [1.165, 1.54) is 24.2 Å². The summed E-state index contributed by atoms with van der Waals surface area (Å²) in [5.41, 5.74) is 0. The lowest BCUT2D eigenvalue weighted by Gasteiger charge is -2.39. The molecule has 1 saturated carbocycles. The van der Waals surface area contributed by atoms with Crippen molar-refractivity contribution in [1.82, 2.24) is 10.2 Å². The zero-order valence-corrected chi connectivity index (χ0v) is 12.5. The maximum atomic E-state index is 12.3. The summed E-state index contributed by atoms with van der Waals surface area (Å²) < 4.78 is 0. The first kappa shape index (κ1) is 15.1. The van der Waals surface area contributed by atoms with E-state index >= 15 is 0 Å². The van der Waals surface area contributed by atoms with Crippen LogP contribution in [-0.2, 0) is 4.79 Å². The van der Waals surface area contributed by atoms with Crippen LogP contribution in [0.25, 0.3) is 0 Å². The molecule has 2 N–H and O–H groups in total. The highest BCUT2D eigenvalue weighted by Gasteiger charge is 2.36. The lowest BCUT2D eigenvalue weighted by molar-refractivity contribution is -0.144. The molecule has 20 heavy (non-hydrogen) atoms. The van der Waals surface area contributed by atoms with E-state index in [4.69, 9.17) is 0 Å². The molecule has 1 aliphatic carbocycles. The van der Waals surface area contributed by atoms with Crippen LogP contribution in [0.1, 0.15) is 52.4 Å². The van der Waals surface area contributed by atoms with Crippen LogP contribution in [0, 0.1) is 11.8 Å². The van der Waals surface area contributed by atoms with Gasteiger partial charge in [-0.2, -0.15) is 0 Å². The summed E-state index contributed by atoms with van der Waals surface area (Å²) in [5.74, 6) is 0.106. The van der Waals surface area contributed by atoms with Gasteiger partial charge >= 0.3 is 12.0 Å². The number of piperidine rings is 1. The van der Waals surface area contributed by atoms with Crippen LogP contribution in [0.5, 0.6) is 0 Å². The van der Waals surface area contributed by atoms with Gasteiger partial charge < -0.3 is 15.3 Å². The number of likely N-dealkylation sites (tertiary alicyclic amines) is 1. The molecule has 5 nitrogen and oxygen atoms in total. The van der Waals surface area contributed by atoms with Crippen molar-refractivity contribution in [2.75, 3.05) is 6.54 Å². The highest BCUT2D eigenvalue weighted by atomic mass is 16.4. The van der Waals surface area contributed by atoms with Gasteiger partial charge in [0.2, 0.25) is 0 Å².